The molecule has 0 aliphatic carbocycles. The highest BCUT2D eigenvalue weighted by Crippen LogP contribution is 2.17. The number of carbonyl (C=O) groups is 2. The van der Waals surface area contributed by atoms with Crippen LogP contribution in [-0.4, -0.2) is 31.0 Å². The fourth-order valence-corrected chi connectivity index (χ4v) is 1.60. The van der Waals surface area contributed by atoms with Crippen molar-refractivity contribution in [3.8, 4) is 5.75 Å². The quantitative estimate of drug-likeness (QED) is 0.777. The van der Waals surface area contributed by atoms with E-state index in [4.69, 9.17) is 4.74 Å². The first-order valence-electron chi connectivity index (χ1n) is 5.93. The predicted octanol–water partition coefficient (Wildman–Crippen LogP) is 1.47. The van der Waals surface area contributed by atoms with Gasteiger partial charge in [0.1, 0.15) is 5.75 Å². The Balaban J connectivity index is 2.32. The van der Waals surface area contributed by atoms with E-state index in [1.807, 2.05) is 12.1 Å². The molecular weight excluding hydrogens is 312 g/mol. The van der Waals surface area contributed by atoms with Crippen molar-refractivity contribution in [1.29, 1.82) is 0 Å². The van der Waals surface area contributed by atoms with Crippen molar-refractivity contribution in [3.05, 3.63) is 28.7 Å². The molecule has 0 saturated heterocycles. The monoisotopic (exact) mass is 328 g/mol. The second-order valence-electron chi connectivity index (χ2n) is 3.99. The number of hydrogen-bond donors (Lipinski definition) is 2. The molecule has 2 N–H and O–H groups in total. The first-order chi connectivity index (χ1) is 8.99. The van der Waals surface area contributed by atoms with Crippen LogP contribution in [-0.2, 0) is 9.59 Å². The highest BCUT2D eigenvalue weighted by molar-refractivity contribution is 9.10. The van der Waals surface area contributed by atoms with Crippen LogP contribution in [0.2, 0.25) is 0 Å². The van der Waals surface area contributed by atoms with Gasteiger partial charge in [-0.1, -0.05) is 15.9 Å². The number of rotatable bonds is 6. The van der Waals surface area contributed by atoms with E-state index in [2.05, 4.69) is 26.6 Å². The van der Waals surface area contributed by atoms with Crippen molar-refractivity contribution in [2.24, 2.45) is 0 Å². The molecule has 1 aromatic carbocycles. The van der Waals surface area contributed by atoms with E-state index in [0.29, 0.717) is 18.8 Å². The average molecular weight is 329 g/mol. The van der Waals surface area contributed by atoms with Crippen LogP contribution in [0.25, 0.3) is 0 Å². The molecule has 1 aromatic rings. The van der Waals surface area contributed by atoms with Gasteiger partial charge in [0.25, 0.3) is 5.91 Å². The lowest BCUT2D eigenvalue weighted by molar-refractivity contribution is -0.127. The summed E-state index contributed by atoms with van der Waals surface area (Å²) in [6, 6.07) is 7.25. The fraction of sp³-hybridized carbons (Fsp3) is 0.385. The van der Waals surface area contributed by atoms with Gasteiger partial charge in [0.15, 0.2) is 6.10 Å². The van der Waals surface area contributed by atoms with Gasteiger partial charge in [0.2, 0.25) is 5.91 Å². The SMILES string of the molecule is CC(=O)NCCNC(=O)[C@H](C)Oc1ccc(Br)cc1. The van der Waals surface area contributed by atoms with Gasteiger partial charge in [0, 0.05) is 24.5 Å². The zero-order valence-corrected chi connectivity index (χ0v) is 12.5. The Morgan fingerprint density at radius 3 is 2.37 bits per heavy atom. The van der Waals surface area contributed by atoms with E-state index in [1.165, 1.54) is 6.92 Å². The Morgan fingerprint density at radius 2 is 1.79 bits per heavy atom. The van der Waals surface area contributed by atoms with Crippen LogP contribution in [0.15, 0.2) is 28.7 Å². The summed E-state index contributed by atoms with van der Waals surface area (Å²) in [4.78, 5) is 22.3. The number of benzene rings is 1. The van der Waals surface area contributed by atoms with Gasteiger partial charge >= 0.3 is 0 Å². The number of halogens is 1. The Morgan fingerprint density at radius 1 is 1.21 bits per heavy atom. The normalized spacial score (nSPS) is 11.5. The van der Waals surface area contributed by atoms with E-state index in [0.717, 1.165) is 4.47 Å². The van der Waals surface area contributed by atoms with Gasteiger partial charge < -0.3 is 15.4 Å². The van der Waals surface area contributed by atoms with E-state index in [1.54, 1.807) is 19.1 Å². The minimum atomic E-state index is -0.585. The first kappa shape index (κ1) is 15.5. The lowest BCUT2D eigenvalue weighted by Crippen LogP contribution is -2.40. The van der Waals surface area contributed by atoms with Crippen LogP contribution < -0.4 is 15.4 Å². The number of hydrogen-bond acceptors (Lipinski definition) is 3. The van der Waals surface area contributed by atoms with Crippen LogP contribution in [0.4, 0.5) is 0 Å². The van der Waals surface area contributed by atoms with Crippen molar-refractivity contribution in [2.45, 2.75) is 20.0 Å². The van der Waals surface area contributed by atoms with Crippen LogP contribution in [0, 0.1) is 0 Å². The number of nitrogens with one attached hydrogen (secondary N) is 2. The van der Waals surface area contributed by atoms with Gasteiger partial charge in [-0.3, -0.25) is 9.59 Å². The van der Waals surface area contributed by atoms with E-state index < -0.39 is 6.10 Å². The standard InChI is InChI=1S/C13H17BrN2O3/c1-9(13(18)16-8-7-15-10(2)17)19-12-5-3-11(14)4-6-12/h3-6,9H,7-8H2,1-2H3,(H,15,17)(H,16,18)/t9-/m0/s1. The third kappa shape index (κ3) is 6.24. The fourth-order valence-electron chi connectivity index (χ4n) is 1.34. The average Bonchev–Trinajstić information content (AvgIpc) is 2.36. The largest absolute Gasteiger partial charge is 0.481 e. The maximum atomic E-state index is 11.7. The van der Waals surface area contributed by atoms with Gasteiger partial charge in [-0.05, 0) is 31.2 Å². The molecule has 0 bridgehead atoms. The molecule has 0 saturated carbocycles. The summed E-state index contributed by atoms with van der Waals surface area (Å²) in [7, 11) is 0. The first-order valence-corrected chi connectivity index (χ1v) is 6.72. The van der Waals surface area contributed by atoms with Crippen LogP contribution in [0.1, 0.15) is 13.8 Å². The molecule has 0 spiro atoms. The summed E-state index contributed by atoms with van der Waals surface area (Å²) in [5.41, 5.74) is 0. The van der Waals surface area contributed by atoms with Gasteiger partial charge in [-0.15, -0.1) is 0 Å². The summed E-state index contributed by atoms with van der Waals surface area (Å²) in [6.07, 6.45) is -0.585. The second-order valence-corrected chi connectivity index (χ2v) is 4.90. The molecule has 0 radical (unpaired) electrons. The Bertz CT molecular complexity index is 434. The Kier molecular flexibility index (Phi) is 6.35. The van der Waals surface area contributed by atoms with Gasteiger partial charge in [0.05, 0.1) is 0 Å². The molecule has 2 amide bonds. The number of amides is 2. The molecule has 0 aromatic heterocycles. The van der Waals surface area contributed by atoms with Crippen molar-refractivity contribution in [2.75, 3.05) is 13.1 Å². The van der Waals surface area contributed by atoms with Crippen molar-refractivity contribution < 1.29 is 14.3 Å². The predicted molar refractivity (Wildman–Crippen MR) is 75.9 cm³/mol. The highest BCUT2D eigenvalue weighted by Gasteiger charge is 2.13. The smallest absolute Gasteiger partial charge is 0.260 e. The van der Waals surface area contributed by atoms with Crippen molar-refractivity contribution in [3.63, 3.8) is 0 Å². The molecule has 0 fully saturated rings. The molecule has 0 heterocycles. The second kappa shape index (κ2) is 7.78. The molecule has 5 nitrogen and oxygen atoms in total. The van der Waals surface area contributed by atoms with Crippen LogP contribution in [0.3, 0.4) is 0 Å². The summed E-state index contributed by atoms with van der Waals surface area (Å²) in [5, 5.41) is 5.28. The lowest BCUT2D eigenvalue weighted by Gasteiger charge is -2.14. The molecule has 1 atom stereocenters. The summed E-state index contributed by atoms with van der Waals surface area (Å²) in [6.45, 7) is 3.90. The van der Waals surface area contributed by atoms with E-state index in [-0.39, 0.29) is 11.8 Å². The zero-order valence-electron chi connectivity index (χ0n) is 10.9. The highest BCUT2D eigenvalue weighted by atomic mass is 79.9. The molecule has 19 heavy (non-hydrogen) atoms. The maximum Gasteiger partial charge on any atom is 0.260 e. The summed E-state index contributed by atoms with van der Waals surface area (Å²) < 4.78 is 6.44. The van der Waals surface area contributed by atoms with E-state index >= 15 is 0 Å². The van der Waals surface area contributed by atoms with Gasteiger partial charge in [-0.25, -0.2) is 0 Å². The molecule has 0 unspecified atom stereocenters. The number of carbonyl (C=O) groups excluding carboxylic acids is 2. The molecule has 104 valence electrons. The van der Waals surface area contributed by atoms with Crippen molar-refractivity contribution in [1.82, 2.24) is 10.6 Å². The number of ether oxygens (including phenoxy) is 1. The lowest BCUT2D eigenvalue weighted by atomic mass is 10.3. The summed E-state index contributed by atoms with van der Waals surface area (Å²) >= 11 is 3.33. The molecule has 6 heteroatoms. The molecule has 0 aliphatic rings. The van der Waals surface area contributed by atoms with Crippen LogP contribution in [0.5, 0.6) is 5.75 Å². The van der Waals surface area contributed by atoms with Crippen molar-refractivity contribution >= 4 is 27.7 Å². The van der Waals surface area contributed by atoms with Gasteiger partial charge in [-0.2, -0.15) is 0 Å². The Labute approximate surface area is 120 Å². The topological polar surface area (TPSA) is 67.4 Å². The minimum Gasteiger partial charge on any atom is -0.481 e. The maximum absolute atomic E-state index is 11.7. The third-order valence-electron chi connectivity index (χ3n) is 2.29. The van der Waals surface area contributed by atoms with Crippen LogP contribution >= 0.6 is 15.9 Å². The minimum absolute atomic E-state index is 0.117. The molecule has 1 rings (SSSR count). The molecular formula is C13H17BrN2O3. The zero-order chi connectivity index (χ0) is 14.3. The Hall–Kier alpha value is -1.56. The van der Waals surface area contributed by atoms with E-state index in [9.17, 15) is 9.59 Å². The summed E-state index contributed by atoms with van der Waals surface area (Å²) in [5.74, 6) is 0.300. The third-order valence-corrected chi connectivity index (χ3v) is 2.82. The molecule has 0 aliphatic heterocycles.